The molecule has 0 heterocycles. The largest absolute Gasteiger partial charge is 0.468 e. The first kappa shape index (κ1) is 15.2. The van der Waals surface area contributed by atoms with Gasteiger partial charge in [-0.15, -0.1) is 6.58 Å². The van der Waals surface area contributed by atoms with Crippen LogP contribution in [0.3, 0.4) is 0 Å². The van der Waals surface area contributed by atoms with Gasteiger partial charge in [-0.05, 0) is 25.3 Å². The van der Waals surface area contributed by atoms with Crippen LogP contribution in [-0.4, -0.2) is 18.9 Å². The van der Waals surface area contributed by atoms with Crippen LogP contribution in [-0.2, 0) is 16.0 Å². The Balaban J connectivity index is 2.60. The third kappa shape index (κ3) is 2.33. The lowest BCUT2D eigenvalue weighted by atomic mass is 9.63. The second kappa shape index (κ2) is 6.08. The molecular formula is C18H20O3. The molecule has 0 saturated heterocycles. The van der Waals surface area contributed by atoms with E-state index in [4.69, 9.17) is 4.74 Å². The summed E-state index contributed by atoms with van der Waals surface area (Å²) in [6.07, 6.45) is 6.46. The number of fused-ring (bicyclic) bond motifs is 1. The van der Waals surface area contributed by atoms with E-state index in [2.05, 4.69) is 6.58 Å². The molecule has 0 N–H and O–H groups in total. The highest BCUT2D eigenvalue weighted by atomic mass is 16.5. The van der Waals surface area contributed by atoms with Crippen LogP contribution in [0.25, 0.3) is 0 Å². The van der Waals surface area contributed by atoms with Crippen molar-refractivity contribution in [3.05, 3.63) is 60.2 Å². The molecule has 0 bridgehead atoms. The molecule has 0 fully saturated rings. The van der Waals surface area contributed by atoms with Crippen molar-refractivity contribution in [2.45, 2.75) is 19.8 Å². The van der Waals surface area contributed by atoms with Crippen molar-refractivity contribution in [1.29, 1.82) is 0 Å². The topological polar surface area (TPSA) is 43.4 Å². The number of allylic oxidation sites excluding steroid dienone is 3. The number of hydrogen-bond donors (Lipinski definition) is 0. The number of benzene rings is 1. The fourth-order valence-corrected chi connectivity index (χ4v) is 3.13. The summed E-state index contributed by atoms with van der Waals surface area (Å²) in [7, 11) is 1.33. The van der Waals surface area contributed by atoms with Crippen LogP contribution in [0.4, 0.5) is 0 Å². The van der Waals surface area contributed by atoms with E-state index in [1.165, 1.54) is 7.11 Å². The van der Waals surface area contributed by atoms with Gasteiger partial charge in [-0.1, -0.05) is 42.5 Å². The van der Waals surface area contributed by atoms with E-state index >= 15 is 0 Å². The first-order valence-corrected chi connectivity index (χ1v) is 7.08. The van der Waals surface area contributed by atoms with E-state index in [1.807, 2.05) is 37.3 Å². The lowest BCUT2D eigenvalue weighted by Crippen LogP contribution is -2.48. The Hall–Kier alpha value is -2.16. The molecule has 0 saturated carbocycles. The van der Waals surface area contributed by atoms with Gasteiger partial charge in [0.15, 0.2) is 5.78 Å². The predicted molar refractivity (Wildman–Crippen MR) is 82.0 cm³/mol. The van der Waals surface area contributed by atoms with Crippen molar-refractivity contribution in [1.82, 2.24) is 0 Å². The maximum atomic E-state index is 13.0. The van der Waals surface area contributed by atoms with Gasteiger partial charge in [0.25, 0.3) is 0 Å². The van der Waals surface area contributed by atoms with Crippen LogP contribution >= 0.6 is 0 Å². The first-order chi connectivity index (χ1) is 10.1. The standard InChI is InChI=1S/C18H20O3/c1-4-8-14(5-2)18(17(20)21-3)12-11-13-9-6-7-10-15(13)16(18)19/h4-10,14H,2,11-12H2,1,3H3/b8-4+/t14-,18+/m0/s1. The van der Waals surface area contributed by atoms with E-state index in [0.29, 0.717) is 18.4 Å². The Morgan fingerprint density at radius 1 is 1.43 bits per heavy atom. The molecule has 2 rings (SSSR count). The van der Waals surface area contributed by atoms with Crippen molar-refractivity contribution >= 4 is 11.8 Å². The number of carbonyl (C=O) groups excluding carboxylic acids is 2. The molecule has 0 radical (unpaired) electrons. The second-order valence-electron chi connectivity index (χ2n) is 5.24. The fraction of sp³-hybridized carbons (Fsp3) is 0.333. The molecule has 1 aromatic rings. The Kier molecular flexibility index (Phi) is 4.41. The molecule has 3 nitrogen and oxygen atoms in total. The second-order valence-corrected chi connectivity index (χ2v) is 5.24. The molecule has 21 heavy (non-hydrogen) atoms. The molecule has 2 atom stereocenters. The van der Waals surface area contributed by atoms with Gasteiger partial charge in [0.05, 0.1) is 7.11 Å². The molecule has 3 heteroatoms. The third-order valence-corrected chi connectivity index (χ3v) is 4.23. The smallest absolute Gasteiger partial charge is 0.320 e. The number of Topliss-reactive ketones (excluding diaryl/α,β-unsaturated/α-hetero) is 1. The Morgan fingerprint density at radius 2 is 2.14 bits per heavy atom. The van der Waals surface area contributed by atoms with Gasteiger partial charge >= 0.3 is 5.97 Å². The zero-order valence-electron chi connectivity index (χ0n) is 12.5. The average Bonchev–Trinajstić information content (AvgIpc) is 2.53. The minimum Gasteiger partial charge on any atom is -0.468 e. The van der Waals surface area contributed by atoms with E-state index in [-0.39, 0.29) is 11.7 Å². The number of ketones is 1. The molecule has 1 aliphatic carbocycles. The molecule has 0 aromatic heterocycles. The number of hydrogen-bond acceptors (Lipinski definition) is 3. The van der Waals surface area contributed by atoms with Crippen molar-refractivity contribution < 1.29 is 14.3 Å². The average molecular weight is 284 g/mol. The van der Waals surface area contributed by atoms with Crippen LogP contribution in [0.5, 0.6) is 0 Å². The zero-order chi connectivity index (χ0) is 15.5. The van der Waals surface area contributed by atoms with Gasteiger partial charge in [0.2, 0.25) is 0 Å². The van der Waals surface area contributed by atoms with Crippen LogP contribution in [0.1, 0.15) is 29.3 Å². The van der Waals surface area contributed by atoms with Crippen molar-refractivity contribution in [3.8, 4) is 0 Å². The molecule has 0 amide bonds. The van der Waals surface area contributed by atoms with E-state index in [9.17, 15) is 9.59 Å². The van der Waals surface area contributed by atoms with Crippen LogP contribution in [0.15, 0.2) is 49.1 Å². The van der Waals surface area contributed by atoms with Gasteiger partial charge in [-0.25, -0.2) is 0 Å². The number of esters is 1. The molecular weight excluding hydrogens is 264 g/mol. The predicted octanol–water partition coefficient (Wildman–Crippen LogP) is 3.35. The number of aryl methyl sites for hydroxylation is 1. The van der Waals surface area contributed by atoms with Gasteiger partial charge in [-0.3, -0.25) is 9.59 Å². The maximum Gasteiger partial charge on any atom is 0.320 e. The summed E-state index contributed by atoms with van der Waals surface area (Å²) in [5.41, 5.74) is 0.410. The summed E-state index contributed by atoms with van der Waals surface area (Å²) in [5.74, 6) is -1.01. The number of ether oxygens (including phenoxy) is 1. The van der Waals surface area contributed by atoms with Crippen molar-refractivity contribution in [3.63, 3.8) is 0 Å². The van der Waals surface area contributed by atoms with Crippen LogP contribution in [0, 0.1) is 11.3 Å². The SMILES string of the molecule is C=C[C@@H](/C=C/C)[C@]1(C(=O)OC)CCc2ccccc2C1=O. The summed E-state index contributed by atoms with van der Waals surface area (Å²) >= 11 is 0. The third-order valence-electron chi connectivity index (χ3n) is 4.23. The highest BCUT2D eigenvalue weighted by molar-refractivity contribution is 6.14. The number of methoxy groups -OCH3 is 1. The summed E-state index contributed by atoms with van der Waals surface area (Å²) < 4.78 is 4.97. The summed E-state index contributed by atoms with van der Waals surface area (Å²) in [6, 6.07) is 7.45. The summed E-state index contributed by atoms with van der Waals surface area (Å²) in [4.78, 5) is 25.5. The number of rotatable bonds is 4. The van der Waals surface area contributed by atoms with Crippen LogP contribution < -0.4 is 0 Å². The molecule has 1 aliphatic rings. The number of carbonyl (C=O) groups is 2. The molecule has 110 valence electrons. The Bertz CT molecular complexity index is 600. The minimum atomic E-state index is -1.20. The zero-order valence-corrected chi connectivity index (χ0v) is 12.5. The van der Waals surface area contributed by atoms with E-state index in [1.54, 1.807) is 12.1 Å². The highest BCUT2D eigenvalue weighted by Crippen LogP contribution is 2.43. The summed E-state index contributed by atoms with van der Waals surface area (Å²) in [5, 5.41) is 0. The Morgan fingerprint density at radius 3 is 2.76 bits per heavy atom. The van der Waals surface area contributed by atoms with E-state index < -0.39 is 11.4 Å². The van der Waals surface area contributed by atoms with Gasteiger partial charge in [0, 0.05) is 11.5 Å². The maximum absolute atomic E-state index is 13.0. The van der Waals surface area contributed by atoms with Gasteiger partial charge in [-0.2, -0.15) is 0 Å². The van der Waals surface area contributed by atoms with Crippen molar-refractivity contribution in [2.24, 2.45) is 11.3 Å². The highest BCUT2D eigenvalue weighted by Gasteiger charge is 2.53. The Labute approximate surface area is 125 Å². The van der Waals surface area contributed by atoms with Gasteiger partial charge in [0.1, 0.15) is 5.41 Å². The quantitative estimate of drug-likeness (QED) is 0.484. The lowest BCUT2D eigenvalue weighted by Gasteiger charge is -2.37. The van der Waals surface area contributed by atoms with Crippen LogP contribution in [0.2, 0.25) is 0 Å². The van der Waals surface area contributed by atoms with Crippen molar-refractivity contribution in [2.75, 3.05) is 7.11 Å². The van der Waals surface area contributed by atoms with E-state index in [0.717, 1.165) is 5.56 Å². The molecule has 0 unspecified atom stereocenters. The molecule has 1 aromatic carbocycles. The normalized spacial score (nSPS) is 22.7. The first-order valence-electron chi connectivity index (χ1n) is 7.08. The van der Waals surface area contributed by atoms with Gasteiger partial charge < -0.3 is 4.74 Å². The molecule has 0 spiro atoms. The fourth-order valence-electron chi connectivity index (χ4n) is 3.13. The minimum absolute atomic E-state index is 0.167. The molecule has 0 aliphatic heterocycles. The summed E-state index contributed by atoms with van der Waals surface area (Å²) in [6.45, 7) is 5.66. The monoisotopic (exact) mass is 284 g/mol. The lowest BCUT2D eigenvalue weighted by molar-refractivity contribution is -0.151.